The van der Waals surface area contributed by atoms with Crippen LogP contribution in [-0.4, -0.2) is 22.2 Å². The smallest absolute Gasteiger partial charge is 0.337 e. The van der Waals surface area contributed by atoms with E-state index in [9.17, 15) is 4.79 Å². The number of benzene rings is 1. The average Bonchev–Trinajstić information content (AvgIpc) is 2.52. The first-order valence-corrected chi connectivity index (χ1v) is 7.98. The summed E-state index contributed by atoms with van der Waals surface area (Å²) in [5.41, 5.74) is 2.44. The first kappa shape index (κ1) is 17.0. The molecule has 0 aliphatic rings. The number of unbranched alkanes of at least 4 members (excludes halogenated alkanes) is 1. The minimum atomic E-state index is -0.937. The molecule has 4 heteroatoms. The van der Waals surface area contributed by atoms with Gasteiger partial charge in [-0.25, -0.2) is 4.79 Å². The summed E-state index contributed by atoms with van der Waals surface area (Å²) < 4.78 is 5.70. The van der Waals surface area contributed by atoms with Crippen molar-refractivity contribution in [1.82, 2.24) is 4.98 Å². The molecule has 0 saturated carbocycles. The van der Waals surface area contributed by atoms with Crippen molar-refractivity contribution in [2.45, 2.75) is 45.6 Å². The van der Waals surface area contributed by atoms with E-state index in [1.807, 2.05) is 26.0 Å². The van der Waals surface area contributed by atoms with Crippen LogP contribution in [0.1, 0.15) is 48.3 Å². The first-order chi connectivity index (χ1) is 11.0. The van der Waals surface area contributed by atoms with Gasteiger partial charge in [0, 0.05) is 11.9 Å². The number of carboxylic acid groups (broad SMARTS) is 1. The van der Waals surface area contributed by atoms with Crippen molar-refractivity contribution in [3.8, 4) is 5.75 Å². The quantitative estimate of drug-likeness (QED) is 0.744. The van der Waals surface area contributed by atoms with E-state index in [2.05, 4.69) is 17.1 Å². The Morgan fingerprint density at radius 2 is 1.96 bits per heavy atom. The Morgan fingerprint density at radius 3 is 2.61 bits per heavy atom. The second kappa shape index (κ2) is 8.32. The lowest BCUT2D eigenvalue weighted by Gasteiger charge is -2.10. The molecule has 122 valence electrons. The highest BCUT2D eigenvalue weighted by Gasteiger charge is 2.03. The lowest BCUT2D eigenvalue weighted by atomic mass is 10.1. The predicted molar refractivity (Wildman–Crippen MR) is 90.0 cm³/mol. The number of aromatic carboxylic acids is 1. The SMILES string of the molecule is CC(C)Oc1cccc(CCCCc2ccc(C(=O)O)cn2)c1. The number of aryl methyl sites for hydroxylation is 2. The average molecular weight is 313 g/mol. The molecular weight excluding hydrogens is 290 g/mol. The van der Waals surface area contributed by atoms with Gasteiger partial charge in [-0.05, 0) is 69.4 Å². The van der Waals surface area contributed by atoms with Crippen molar-refractivity contribution in [3.63, 3.8) is 0 Å². The van der Waals surface area contributed by atoms with Gasteiger partial charge in [-0.1, -0.05) is 12.1 Å². The Morgan fingerprint density at radius 1 is 1.17 bits per heavy atom. The summed E-state index contributed by atoms with van der Waals surface area (Å²) in [4.78, 5) is 15.0. The Bertz CT molecular complexity index is 635. The summed E-state index contributed by atoms with van der Waals surface area (Å²) in [5, 5.41) is 8.84. The minimum Gasteiger partial charge on any atom is -0.491 e. The van der Waals surface area contributed by atoms with Crippen LogP contribution in [0.5, 0.6) is 5.75 Å². The highest BCUT2D eigenvalue weighted by Crippen LogP contribution is 2.17. The molecule has 0 amide bonds. The van der Waals surface area contributed by atoms with Gasteiger partial charge in [0.15, 0.2) is 0 Å². The first-order valence-electron chi connectivity index (χ1n) is 7.98. The third-order valence-electron chi connectivity index (χ3n) is 3.49. The van der Waals surface area contributed by atoms with Crippen LogP contribution in [0.4, 0.5) is 0 Å². The fourth-order valence-corrected chi connectivity index (χ4v) is 2.38. The second-order valence-electron chi connectivity index (χ2n) is 5.86. The molecule has 0 atom stereocenters. The fraction of sp³-hybridized carbons (Fsp3) is 0.368. The molecular formula is C19H23NO3. The van der Waals surface area contributed by atoms with Crippen LogP contribution in [0.15, 0.2) is 42.6 Å². The van der Waals surface area contributed by atoms with Gasteiger partial charge in [0.2, 0.25) is 0 Å². The van der Waals surface area contributed by atoms with E-state index in [1.165, 1.54) is 11.8 Å². The summed E-state index contributed by atoms with van der Waals surface area (Å²) in [6.07, 6.45) is 5.56. The van der Waals surface area contributed by atoms with Crippen LogP contribution in [0.2, 0.25) is 0 Å². The van der Waals surface area contributed by atoms with Crippen LogP contribution in [0.25, 0.3) is 0 Å². The molecule has 0 unspecified atom stereocenters. The molecule has 1 heterocycles. The van der Waals surface area contributed by atoms with Gasteiger partial charge < -0.3 is 9.84 Å². The largest absolute Gasteiger partial charge is 0.491 e. The van der Waals surface area contributed by atoms with Crippen LogP contribution < -0.4 is 4.74 Å². The molecule has 0 fully saturated rings. The van der Waals surface area contributed by atoms with Gasteiger partial charge >= 0.3 is 5.97 Å². The molecule has 1 N–H and O–H groups in total. The molecule has 2 aromatic rings. The van der Waals surface area contributed by atoms with Crippen molar-refractivity contribution in [2.75, 3.05) is 0 Å². The van der Waals surface area contributed by atoms with E-state index < -0.39 is 5.97 Å². The van der Waals surface area contributed by atoms with E-state index in [0.717, 1.165) is 37.1 Å². The molecule has 0 aliphatic carbocycles. The standard InChI is InChI=1S/C19H23NO3/c1-14(2)23-18-9-5-7-15(12-18)6-3-4-8-17-11-10-16(13-20-17)19(21)22/h5,7,9-14H,3-4,6,8H2,1-2H3,(H,21,22). The van der Waals surface area contributed by atoms with Crippen LogP contribution in [0, 0.1) is 0 Å². The molecule has 0 bridgehead atoms. The number of carbonyl (C=O) groups is 1. The molecule has 0 saturated heterocycles. The van der Waals surface area contributed by atoms with Crippen molar-refractivity contribution < 1.29 is 14.6 Å². The summed E-state index contributed by atoms with van der Waals surface area (Å²) in [7, 11) is 0. The topological polar surface area (TPSA) is 59.4 Å². The minimum absolute atomic E-state index is 0.185. The number of carboxylic acids is 1. The van der Waals surface area contributed by atoms with E-state index >= 15 is 0 Å². The number of hydrogen-bond acceptors (Lipinski definition) is 3. The third kappa shape index (κ3) is 5.74. The van der Waals surface area contributed by atoms with Crippen molar-refractivity contribution in [1.29, 1.82) is 0 Å². The highest BCUT2D eigenvalue weighted by molar-refractivity contribution is 5.87. The molecule has 1 aromatic heterocycles. The Balaban J connectivity index is 1.77. The summed E-state index contributed by atoms with van der Waals surface area (Å²) >= 11 is 0. The molecule has 0 spiro atoms. The van der Waals surface area contributed by atoms with Gasteiger partial charge in [0.25, 0.3) is 0 Å². The number of nitrogens with zero attached hydrogens (tertiary/aromatic N) is 1. The van der Waals surface area contributed by atoms with Crippen LogP contribution in [0.3, 0.4) is 0 Å². The number of hydrogen-bond donors (Lipinski definition) is 1. The van der Waals surface area contributed by atoms with Crippen LogP contribution in [-0.2, 0) is 12.8 Å². The normalized spacial score (nSPS) is 10.7. The zero-order valence-corrected chi connectivity index (χ0v) is 13.7. The van der Waals surface area contributed by atoms with E-state index in [-0.39, 0.29) is 11.7 Å². The fourth-order valence-electron chi connectivity index (χ4n) is 2.38. The predicted octanol–water partition coefficient (Wildman–Crippen LogP) is 4.13. The Labute approximate surface area is 137 Å². The van der Waals surface area contributed by atoms with E-state index in [1.54, 1.807) is 12.1 Å². The van der Waals surface area contributed by atoms with Gasteiger partial charge in [0.1, 0.15) is 5.75 Å². The lowest BCUT2D eigenvalue weighted by molar-refractivity contribution is 0.0696. The zero-order chi connectivity index (χ0) is 16.7. The maximum atomic E-state index is 10.8. The number of pyridine rings is 1. The van der Waals surface area contributed by atoms with Crippen molar-refractivity contribution in [3.05, 3.63) is 59.4 Å². The van der Waals surface area contributed by atoms with E-state index in [0.29, 0.717) is 0 Å². The second-order valence-corrected chi connectivity index (χ2v) is 5.86. The number of rotatable bonds is 8. The maximum absolute atomic E-state index is 10.8. The third-order valence-corrected chi connectivity index (χ3v) is 3.49. The van der Waals surface area contributed by atoms with Gasteiger partial charge in [-0.15, -0.1) is 0 Å². The molecule has 1 aromatic carbocycles. The molecule has 0 radical (unpaired) electrons. The lowest BCUT2D eigenvalue weighted by Crippen LogP contribution is -2.05. The zero-order valence-electron chi connectivity index (χ0n) is 13.7. The van der Waals surface area contributed by atoms with Gasteiger partial charge in [0.05, 0.1) is 11.7 Å². The van der Waals surface area contributed by atoms with Crippen LogP contribution >= 0.6 is 0 Å². The van der Waals surface area contributed by atoms with Gasteiger partial charge in [-0.2, -0.15) is 0 Å². The molecule has 23 heavy (non-hydrogen) atoms. The maximum Gasteiger partial charge on any atom is 0.337 e. The Kier molecular flexibility index (Phi) is 6.15. The van der Waals surface area contributed by atoms with Crippen molar-refractivity contribution >= 4 is 5.97 Å². The monoisotopic (exact) mass is 313 g/mol. The number of ether oxygens (including phenoxy) is 1. The Hall–Kier alpha value is -2.36. The summed E-state index contributed by atoms with van der Waals surface area (Å²) in [6.45, 7) is 4.05. The highest BCUT2D eigenvalue weighted by atomic mass is 16.5. The number of aromatic nitrogens is 1. The summed E-state index contributed by atoms with van der Waals surface area (Å²) in [5.74, 6) is -0.0176. The van der Waals surface area contributed by atoms with Gasteiger partial charge in [-0.3, -0.25) is 4.98 Å². The van der Waals surface area contributed by atoms with Crippen molar-refractivity contribution in [2.24, 2.45) is 0 Å². The van der Waals surface area contributed by atoms with E-state index in [4.69, 9.17) is 9.84 Å². The molecule has 4 nitrogen and oxygen atoms in total. The summed E-state index contributed by atoms with van der Waals surface area (Å²) in [6, 6.07) is 11.6. The molecule has 0 aliphatic heterocycles. The molecule has 2 rings (SSSR count).